The third kappa shape index (κ3) is 8.57. The van der Waals surface area contributed by atoms with Crippen LogP contribution < -0.4 is 20.4 Å². The number of amides is 5. The van der Waals surface area contributed by atoms with Crippen LogP contribution in [0, 0.1) is 11.8 Å². The fraction of sp³-hybridized carbons (Fsp3) is 0.589. The summed E-state index contributed by atoms with van der Waals surface area (Å²) in [5.74, 6) is 0.613. The van der Waals surface area contributed by atoms with Crippen molar-refractivity contribution < 1.29 is 24.0 Å². The molecule has 2 saturated carbocycles. The summed E-state index contributed by atoms with van der Waals surface area (Å²) in [6.45, 7) is 10.4. The first-order valence-electron chi connectivity index (χ1n) is 27.1. The van der Waals surface area contributed by atoms with Crippen molar-refractivity contribution in [1.29, 1.82) is 0 Å². The number of fused-ring (bicyclic) bond motifs is 3. The fourth-order valence-corrected chi connectivity index (χ4v) is 13.5. The lowest BCUT2D eigenvalue weighted by Gasteiger charge is -2.48. The van der Waals surface area contributed by atoms with Gasteiger partial charge in [-0.25, -0.2) is 9.97 Å². The summed E-state index contributed by atoms with van der Waals surface area (Å²) in [4.78, 5) is 89.2. The van der Waals surface area contributed by atoms with Crippen LogP contribution in [0.15, 0.2) is 54.9 Å². The number of para-hydroxylation sites is 1. The van der Waals surface area contributed by atoms with E-state index < -0.39 is 5.41 Å². The number of nitrogens with zero attached hydrogens (tertiary/aromatic N) is 8. The van der Waals surface area contributed by atoms with Crippen LogP contribution >= 0.6 is 0 Å². The van der Waals surface area contributed by atoms with Crippen LogP contribution in [-0.2, 0) is 29.4 Å². The number of piperidine rings is 5. The highest BCUT2D eigenvalue weighted by molar-refractivity contribution is 6.09. The number of rotatable bonds is 10. The first kappa shape index (κ1) is 46.3. The van der Waals surface area contributed by atoms with Crippen molar-refractivity contribution in [3.05, 3.63) is 66.0 Å². The molecule has 8 heterocycles. The quantitative estimate of drug-likeness (QED) is 0.157. The Balaban J connectivity index is 0.708. The maximum absolute atomic E-state index is 15.2. The Morgan fingerprint density at radius 3 is 2.07 bits per heavy atom. The first-order valence-corrected chi connectivity index (χ1v) is 27.1. The summed E-state index contributed by atoms with van der Waals surface area (Å²) in [5.41, 5.74) is 7.30. The van der Waals surface area contributed by atoms with E-state index in [1.54, 1.807) is 0 Å². The average Bonchev–Trinajstić information content (AvgIpc) is 4.04. The molecule has 0 bridgehead atoms. The zero-order chi connectivity index (χ0) is 48.5. The molecule has 2 N–H and O–H groups in total. The standard InChI is InChI=1S/C56H70N10O5/c1-35(2)65-34-57-46-33-45(59-52(51(46)65)58-40-11-12-40)38-10-13-44-48(28-38)66(42-31-41(32-42)61-20-6-3-7-21-61)55(71)56(44)18-26-64(27-19-56)54(70)37-16-24-63(25-17-37)53(69)36-14-22-62(23-15-36)47-9-5-4-8-43(47)39-29-49(67)60-50(68)30-39/h4-5,8-10,13,28,33-37,39-42H,3,6-7,11-12,14-27,29-32H2,1-2H3,(H,58,59)(H,60,67,68). The van der Waals surface area contributed by atoms with E-state index in [2.05, 4.69) is 74.1 Å². The molecule has 6 aliphatic heterocycles. The third-order valence-electron chi connectivity index (χ3n) is 17.9. The molecule has 0 unspecified atom stereocenters. The smallest absolute Gasteiger partial charge is 0.238 e. The van der Waals surface area contributed by atoms with E-state index in [1.807, 2.05) is 34.3 Å². The van der Waals surface area contributed by atoms with Gasteiger partial charge in [0, 0.05) is 111 Å². The highest BCUT2D eigenvalue weighted by Gasteiger charge is 2.56. The molecule has 2 aliphatic carbocycles. The molecule has 2 aromatic heterocycles. The second-order valence-corrected chi connectivity index (χ2v) is 22.6. The van der Waals surface area contributed by atoms with Crippen LogP contribution in [0.1, 0.15) is 133 Å². The molecule has 15 nitrogen and oxygen atoms in total. The number of imide groups is 1. The highest BCUT2D eigenvalue weighted by atomic mass is 16.2. The number of hydrogen-bond acceptors (Lipinski definition) is 10. The number of benzene rings is 2. The Morgan fingerprint density at radius 2 is 1.39 bits per heavy atom. The van der Waals surface area contributed by atoms with Gasteiger partial charge in [-0.3, -0.25) is 29.3 Å². The van der Waals surface area contributed by atoms with E-state index in [1.165, 1.54) is 19.3 Å². The van der Waals surface area contributed by atoms with Crippen molar-refractivity contribution in [2.75, 3.05) is 67.5 Å². The second-order valence-electron chi connectivity index (χ2n) is 22.6. The van der Waals surface area contributed by atoms with Crippen LogP contribution in [-0.4, -0.2) is 129 Å². The van der Waals surface area contributed by atoms with E-state index >= 15 is 4.79 Å². The Labute approximate surface area is 417 Å². The van der Waals surface area contributed by atoms with E-state index in [4.69, 9.17) is 9.97 Å². The largest absolute Gasteiger partial charge is 0.371 e. The first-order chi connectivity index (χ1) is 34.5. The number of pyridine rings is 1. The normalized spacial score (nSPS) is 24.7. The maximum atomic E-state index is 15.2. The molecular formula is C56H70N10O5. The zero-order valence-electron chi connectivity index (χ0n) is 41.6. The summed E-state index contributed by atoms with van der Waals surface area (Å²) in [6, 6.07) is 18.1. The molecule has 0 atom stereocenters. The Hall–Kier alpha value is -5.83. The number of carbonyl (C=O) groups excluding carboxylic acids is 5. The maximum Gasteiger partial charge on any atom is 0.238 e. The van der Waals surface area contributed by atoms with E-state index in [0.29, 0.717) is 76.8 Å². The second kappa shape index (κ2) is 18.7. The third-order valence-corrected chi connectivity index (χ3v) is 17.9. The number of likely N-dealkylation sites (tertiary alicyclic amines) is 3. The zero-order valence-corrected chi connectivity index (χ0v) is 41.6. The predicted octanol–water partition coefficient (Wildman–Crippen LogP) is 7.15. The minimum atomic E-state index is -0.675. The molecule has 7 fully saturated rings. The van der Waals surface area contributed by atoms with Crippen LogP contribution in [0.5, 0.6) is 0 Å². The molecule has 374 valence electrons. The van der Waals surface area contributed by atoms with Gasteiger partial charge >= 0.3 is 0 Å². The Kier molecular flexibility index (Phi) is 12.2. The molecule has 4 aromatic rings. The van der Waals surface area contributed by atoms with E-state index in [-0.39, 0.29) is 59.4 Å². The number of hydrogen-bond donors (Lipinski definition) is 2. The summed E-state index contributed by atoms with van der Waals surface area (Å²) < 4.78 is 2.20. The van der Waals surface area contributed by atoms with Crippen molar-refractivity contribution in [3.63, 3.8) is 0 Å². The minimum Gasteiger partial charge on any atom is -0.371 e. The molecule has 8 aliphatic rings. The van der Waals surface area contributed by atoms with Gasteiger partial charge < -0.3 is 34.4 Å². The van der Waals surface area contributed by atoms with Gasteiger partial charge in [-0.1, -0.05) is 36.8 Å². The topological polar surface area (TPSA) is 156 Å². The van der Waals surface area contributed by atoms with Crippen molar-refractivity contribution in [3.8, 4) is 11.3 Å². The number of aromatic nitrogens is 3. The SMILES string of the molecule is CC(C)n1cnc2cc(-c3ccc4c(c3)N(C3CC(N5CCCCC5)C3)C(=O)C43CCN(C(=O)C4CCN(C(=O)C5CCN(c6ccccc6C6CC(=O)NC(=O)C6)CC5)CC4)CC3)nc(NC3CC3)c21. The van der Waals surface area contributed by atoms with Gasteiger partial charge in [0.25, 0.3) is 0 Å². The van der Waals surface area contributed by atoms with Gasteiger partial charge in [0.15, 0.2) is 5.82 Å². The molecule has 71 heavy (non-hydrogen) atoms. The van der Waals surface area contributed by atoms with E-state index in [9.17, 15) is 19.2 Å². The summed E-state index contributed by atoms with van der Waals surface area (Å²) >= 11 is 0. The Bertz CT molecular complexity index is 2710. The van der Waals surface area contributed by atoms with Crippen molar-refractivity contribution in [2.45, 2.75) is 146 Å². The van der Waals surface area contributed by atoms with Crippen LogP contribution in [0.4, 0.5) is 17.2 Å². The lowest BCUT2D eigenvalue weighted by molar-refractivity contribution is -0.144. The number of imidazole rings is 1. The van der Waals surface area contributed by atoms with E-state index in [0.717, 1.165) is 115 Å². The molecular weight excluding hydrogens is 893 g/mol. The predicted molar refractivity (Wildman–Crippen MR) is 273 cm³/mol. The van der Waals surface area contributed by atoms with Gasteiger partial charge in [0.2, 0.25) is 29.5 Å². The van der Waals surface area contributed by atoms with Crippen molar-refractivity contribution in [2.24, 2.45) is 11.8 Å². The molecule has 5 saturated heterocycles. The van der Waals surface area contributed by atoms with Crippen LogP contribution in [0.3, 0.4) is 0 Å². The molecule has 15 heteroatoms. The van der Waals surface area contributed by atoms with Crippen LogP contribution in [0.25, 0.3) is 22.3 Å². The lowest BCUT2D eigenvalue weighted by Crippen LogP contribution is -2.58. The lowest BCUT2D eigenvalue weighted by atomic mass is 9.73. The van der Waals surface area contributed by atoms with Gasteiger partial charge in [-0.2, -0.15) is 0 Å². The fourth-order valence-electron chi connectivity index (χ4n) is 13.5. The molecule has 2 aromatic carbocycles. The van der Waals surface area contributed by atoms with Crippen molar-refractivity contribution >= 4 is 57.8 Å². The number of carbonyl (C=O) groups is 5. The van der Waals surface area contributed by atoms with Gasteiger partial charge in [0.05, 0.1) is 23.0 Å². The van der Waals surface area contributed by atoms with Gasteiger partial charge in [-0.05, 0) is 133 Å². The summed E-state index contributed by atoms with van der Waals surface area (Å²) in [7, 11) is 0. The number of nitrogens with one attached hydrogen (secondary N) is 2. The Morgan fingerprint density at radius 1 is 0.732 bits per heavy atom. The monoisotopic (exact) mass is 963 g/mol. The number of anilines is 3. The molecule has 12 rings (SSSR count). The molecule has 5 amide bonds. The highest BCUT2D eigenvalue weighted by Crippen LogP contribution is 2.52. The summed E-state index contributed by atoms with van der Waals surface area (Å²) in [6.07, 6.45) is 14.6. The van der Waals surface area contributed by atoms with Gasteiger partial charge in [-0.15, -0.1) is 0 Å². The molecule has 1 spiro atoms. The van der Waals surface area contributed by atoms with Gasteiger partial charge in [0.1, 0.15) is 5.52 Å². The van der Waals surface area contributed by atoms with Crippen LogP contribution in [0.2, 0.25) is 0 Å². The molecule has 0 radical (unpaired) electrons. The average molecular weight is 963 g/mol. The van der Waals surface area contributed by atoms with Crippen molar-refractivity contribution in [1.82, 2.24) is 34.6 Å². The summed E-state index contributed by atoms with van der Waals surface area (Å²) in [5, 5.41) is 6.13. The minimum absolute atomic E-state index is 0.0691.